The maximum Gasteiger partial charge on any atom is 0.241 e. The van der Waals surface area contributed by atoms with Crippen LogP contribution < -0.4 is 11.1 Å². The van der Waals surface area contributed by atoms with Crippen molar-refractivity contribution in [3.8, 4) is 0 Å². The zero-order valence-corrected chi connectivity index (χ0v) is 10.2. The molecule has 1 aromatic carbocycles. The van der Waals surface area contributed by atoms with Crippen LogP contribution in [0.1, 0.15) is 25.8 Å². The van der Waals surface area contributed by atoms with E-state index in [4.69, 9.17) is 5.73 Å². The van der Waals surface area contributed by atoms with E-state index in [1.54, 1.807) is 0 Å². The summed E-state index contributed by atoms with van der Waals surface area (Å²) in [6, 6.07) is 7.26. The predicted octanol–water partition coefficient (Wildman–Crippen LogP) is 2.31. The van der Waals surface area contributed by atoms with Crippen LogP contribution in [0.15, 0.2) is 24.3 Å². The molecule has 1 aromatic rings. The highest BCUT2D eigenvalue weighted by molar-refractivity contribution is 5.94. The van der Waals surface area contributed by atoms with E-state index in [2.05, 4.69) is 5.32 Å². The number of carbonyl (C=O) groups excluding carboxylic acids is 1. The number of amides is 1. The van der Waals surface area contributed by atoms with E-state index in [-0.39, 0.29) is 11.8 Å². The topological polar surface area (TPSA) is 55.1 Å². The molecule has 3 N–H and O–H groups in total. The Labute approximate surface area is 97.0 Å². The van der Waals surface area contributed by atoms with Crippen LogP contribution in [0, 0.1) is 12.8 Å². The number of anilines is 1. The summed E-state index contributed by atoms with van der Waals surface area (Å²) >= 11 is 0. The molecule has 0 fully saturated rings. The number of nitrogens with one attached hydrogen (secondary N) is 1. The van der Waals surface area contributed by atoms with Crippen LogP contribution in [-0.4, -0.2) is 11.9 Å². The first-order valence-electron chi connectivity index (χ1n) is 5.67. The highest BCUT2D eigenvalue weighted by atomic mass is 16.2. The molecule has 0 saturated carbocycles. The molecule has 1 unspecified atom stereocenters. The first-order chi connectivity index (χ1) is 7.54. The molecule has 2 atom stereocenters. The van der Waals surface area contributed by atoms with Gasteiger partial charge in [0.1, 0.15) is 0 Å². The van der Waals surface area contributed by atoms with E-state index < -0.39 is 6.04 Å². The second-order valence-corrected chi connectivity index (χ2v) is 4.27. The number of hydrogen-bond acceptors (Lipinski definition) is 2. The van der Waals surface area contributed by atoms with E-state index in [0.717, 1.165) is 12.1 Å². The minimum atomic E-state index is -0.439. The van der Waals surface area contributed by atoms with Gasteiger partial charge in [-0.3, -0.25) is 4.79 Å². The maximum absolute atomic E-state index is 11.8. The SMILES string of the molecule is CCC(C)[C@H](N)C(=O)Nc1ccc(C)cc1. The zero-order chi connectivity index (χ0) is 12.1. The number of rotatable bonds is 4. The summed E-state index contributed by atoms with van der Waals surface area (Å²) in [5, 5.41) is 2.82. The number of benzene rings is 1. The van der Waals surface area contributed by atoms with Crippen molar-refractivity contribution < 1.29 is 4.79 Å². The number of nitrogens with two attached hydrogens (primary N) is 1. The van der Waals surface area contributed by atoms with E-state index in [9.17, 15) is 4.79 Å². The average molecular weight is 220 g/mol. The van der Waals surface area contributed by atoms with Crippen molar-refractivity contribution in [2.24, 2.45) is 11.7 Å². The van der Waals surface area contributed by atoms with E-state index in [1.807, 2.05) is 45.0 Å². The summed E-state index contributed by atoms with van der Waals surface area (Å²) in [7, 11) is 0. The van der Waals surface area contributed by atoms with Crippen molar-refractivity contribution in [2.45, 2.75) is 33.2 Å². The van der Waals surface area contributed by atoms with E-state index in [1.165, 1.54) is 5.56 Å². The molecule has 0 spiro atoms. The van der Waals surface area contributed by atoms with Crippen molar-refractivity contribution in [1.29, 1.82) is 0 Å². The summed E-state index contributed by atoms with van der Waals surface area (Å²) in [6.45, 7) is 6.03. The van der Waals surface area contributed by atoms with Gasteiger partial charge in [0, 0.05) is 5.69 Å². The van der Waals surface area contributed by atoms with Gasteiger partial charge in [0.05, 0.1) is 6.04 Å². The standard InChI is InChI=1S/C13H20N2O/c1-4-10(3)12(14)13(16)15-11-7-5-9(2)6-8-11/h5-8,10,12H,4,14H2,1-3H3,(H,15,16)/t10?,12-/m0/s1. The van der Waals surface area contributed by atoms with Crippen LogP contribution in [0.25, 0.3) is 0 Å². The summed E-state index contributed by atoms with van der Waals surface area (Å²) in [6.07, 6.45) is 0.905. The van der Waals surface area contributed by atoms with Crippen molar-refractivity contribution in [2.75, 3.05) is 5.32 Å². The van der Waals surface area contributed by atoms with Crippen molar-refractivity contribution in [3.63, 3.8) is 0 Å². The van der Waals surface area contributed by atoms with Gasteiger partial charge in [0.15, 0.2) is 0 Å². The quantitative estimate of drug-likeness (QED) is 0.818. The molecular formula is C13H20N2O. The lowest BCUT2D eigenvalue weighted by Gasteiger charge is -2.17. The lowest BCUT2D eigenvalue weighted by Crippen LogP contribution is -2.40. The van der Waals surface area contributed by atoms with Crippen LogP contribution in [0.4, 0.5) is 5.69 Å². The minimum absolute atomic E-state index is 0.113. The van der Waals surface area contributed by atoms with Crippen molar-refractivity contribution in [1.82, 2.24) is 0 Å². The summed E-state index contributed by atoms with van der Waals surface area (Å²) in [4.78, 5) is 11.8. The van der Waals surface area contributed by atoms with Crippen molar-refractivity contribution in [3.05, 3.63) is 29.8 Å². The first kappa shape index (κ1) is 12.7. The Morgan fingerprint density at radius 2 is 1.94 bits per heavy atom. The second-order valence-electron chi connectivity index (χ2n) is 4.27. The van der Waals surface area contributed by atoms with Crippen LogP contribution >= 0.6 is 0 Å². The number of aryl methyl sites for hydroxylation is 1. The Hall–Kier alpha value is -1.35. The van der Waals surface area contributed by atoms with Gasteiger partial charge < -0.3 is 11.1 Å². The van der Waals surface area contributed by atoms with Crippen LogP contribution in [0.3, 0.4) is 0 Å². The van der Waals surface area contributed by atoms with Crippen LogP contribution in [-0.2, 0) is 4.79 Å². The largest absolute Gasteiger partial charge is 0.325 e. The molecule has 1 rings (SSSR count). The van der Waals surface area contributed by atoms with Gasteiger partial charge in [-0.2, -0.15) is 0 Å². The van der Waals surface area contributed by atoms with Gasteiger partial charge in [-0.15, -0.1) is 0 Å². The lowest BCUT2D eigenvalue weighted by atomic mass is 9.99. The molecule has 0 aliphatic heterocycles. The molecule has 88 valence electrons. The third-order valence-corrected chi connectivity index (χ3v) is 2.88. The van der Waals surface area contributed by atoms with E-state index in [0.29, 0.717) is 0 Å². The third kappa shape index (κ3) is 3.35. The molecule has 3 heteroatoms. The molecule has 0 saturated heterocycles. The fourth-order valence-electron chi connectivity index (χ4n) is 1.37. The van der Waals surface area contributed by atoms with E-state index >= 15 is 0 Å². The fraction of sp³-hybridized carbons (Fsp3) is 0.462. The molecule has 0 aromatic heterocycles. The average Bonchev–Trinajstić information content (AvgIpc) is 2.30. The van der Waals surface area contributed by atoms with Crippen LogP contribution in [0.2, 0.25) is 0 Å². The molecule has 16 heavy (non-hydrogen) atoms. The van der Waals surface area contributed by atoms with Gasteiger partial charge in [-0.25, -0.2) is 0 Å². The molecule has 0 bridgehead atoms. The molecule has 0 radical (unpaired) electrons. The predicted molar refractivity (Wildman–Crippen MR) is 67.2 cm³/mol. The van der Waals surface area contributed by atoms with Crippen molar-refractivity contribution >= 4 is 11.6 Å². The molecular weight excluding hydrogens is 200 g/mol. The summed E-state index contributed by atoms with van der Waals surface area (Å²) in [5.74, 6) is 0.0867. The Morgan fingerprint density at radius 1 is 1.38 bits per heavy atom. The molecule has 0 heterocycles. The Kier molecular flexibility index (Phi) is 4.50. The van der Waals surface area contributed by atoms with Gasteiger partial charge in [-0.05, 0) is 25.0 Å². The maximum atomic E-state index is 11.8. The highest BCUT2D eigenvalue weighted by Crippen LogP contribution is 2.11. The molecule has 0 aliphatic carbocycles. The molecule has 1 amide bonds. The summed E-state index contributed by atoms with van der Waals surface area (Å²) in [5.41, 5.74) is 7.81. The molecule has 3 nitrogen and oxygen atoms in total. The Morgan fingerprint density at radius 3 is 2.44 bits per heavy atom. The first-order valence-corrected chi connectivity index (χ1v) is 5.67. The van der Waals surface area contributed by atoms with Gasteiger partial charge in [0.25, 0.3) is 0 Å². The minimum Gasteiger partial charge on any atom is -0.325 e. The Bertz CT molecular complexity index is 345. The smallest absolute Gasteiger partial charge is 0.241 e. The van der Waals surface area contributed by atoms with Gasteiger partial charge in [0.2, 0.25) is 5.91 Å². The van der Waals surface area contributed by atoms with Gasteiger partial charge in [-0.1, -0.05) is 38.0 Å². The number of carbonyl (C=O) groups is 1. The van der Waals surface area contributed by atoms with Gasteiger partial charge >= 0.3 is 0 Å². The molecule has 0 aliphatic rings. The lowest BCUT2D eigenvalue weighted by molar-refractivity contribution is -0.118. The monoisotopic (exact) mass is 220 g/mol. The fourth-order valence-corrected chi connectivity index (χ4v) is 1.37. The van der Waals surface area contributed by atoms with Crippen LogP contribution in [0.5, 0.6) is 0 Å². The summed E-state index contributed by atoms with van der Waals surface area (Å²) < 4.78 is 0. The normalized spacial score (nSPS) is 14.2. The third-order valence-electron chi connectivity index (χ3n) is 2.88. The zero-order valence-electron chi connectivity index (χ0n) is 10.2. The second kappa shape index (κ2) is 5.66. The number of hydrogen-bond donors (Lipinski definition) is 2. The Balaban J connectivity index is 2.60. The highest BCUT2D eigenvalue weighted by Gasteiger charge is 2.19.